The van der Waals surface area contributed by atoms with Crippen LogP contribution in [0.4, 0.5) is 0 Å². The van der Waals surface area contributed by atoms with Gasteiger partial charge >= 0.3 is 0 Å². The van der Waals surface area contributed by atoms with Crippen molar-refractivity contribution in [2.75, 3.05) is 7.11 Å². The van der Waals surface area contributed by atoms with Gasteiger partial charge in [-0.2, -0.15) is 0 Å². The number of hydrogen-bond acceptors (Lipinski definition) is 3. The molecule has 0 bridgehead atoms. The third-order valence-electron chi connectivity index (χ3n) is 4.14. The van der Waals surface area contributed by atoms with E-state index in [9.17, 15) is 10.2 Å². The van der Waals surface area contributed by atoms with Crippen molar-refractivity contribution in [3.8, 4) is 11.5 Å². The van der Waals surface area contributed by atoms with Crippen LogP contribution >= 0.6 is 0 Å². The first-order valence-corrected chi connectivity index (χ1v) is 11.1. The molecule has 4 heteroatoms. The Hall–Kier alpha value is -0.603. The second-order valence-electron chi connectivity index (χ2n) is 7.65. The minimum Gasteiger partial charge on any atom is -0.385 e. The molecule has 1 aliphatic carbocycles. The number of aliphatic hydroxyl groups excluding tert-OH is 2. The van der Waals surface area contributed by atoms with Crippen molar-refractivity contribution in [2.24, 2.45) is 5.41 Å². The summed E-state index contributed by atoms with van der Waals surface area (Å²) in [7, 11) is 0.131. The summed E-state index contributed by atoms with van der Waals surface area (Å²) >= 11 is 0. The van der Waals surface area contributed by atoms with Gasteiger partial charge in [-0.1, -0.05) is 39.4 Å². The molecule has 0 spiro atoms. The Morgan fingerprint density at radius 3 is 2.33 bits per heavy atom. The predicted octanol–water partition coefficient (Wildman–Crippen LogP) is 2.74. The summed E-state index contributed by atoms with van der Waals surface area (Å²) < 4.78 is 5.49. The lowest BCUT2D eigenvalue weighted by atomic mass is 9.69. The van der Waals surface area contributed by atoms with E-state index < -0.39 is 20.3 Å². The first-order chi connectivity index (χ1) is 9.49. The molecule has 21 heavy (non-hydrogen) atoms. The van der Waals surface area contributed by atoms with E-state index in [0.29, 0.717) is 0 Å². The number of hydrogen-bond donors (Lipinski definition) is 2. The molecule has 0 aromatic carbocycles. The Morgan fingerprint density at radius 2 is 1.86 bits per heavy atom. The van der Waals surface area contributed by atoms with Crippen molar-refractivity contribution in [1.29, 1.82) is 0 Å². The van der Waals surface area contributed by atoms with E-state index >= 15 is 0 Å². The lowest BCUT2D eigenvalue weighted by molar-refractivity contribution is 0.0446. The largest absolute Gasteiger partial charge is 0.385 e. The zero-order valence-corrected chi connectivity index (χ0v) is 15.4. The molecular formula is C17H30O3Si. The highest BCUT2D eigenvalue weighted by atomic mass is 28.3. The number of methoxy groups -OCH3 is 1. The van der Waals surface area contributed by atoms with Gasteiger partial charge in [0.05, 0.1) is 6.10 Å². The molecule has 3 nitrogen and oxygen atoms in total. The summed E-state index contributed by atoms with van der Waals surface area (Å²) in [5.41, 5.74) is 4.92. The normalized spacial score (nSPS) is 25.1. The molecule has 3 atom stereocenters. The zero-order valence-electron chi connectivity index (χ0n) is 14.4. The standard InChI is InChI=1S/C17H30O3Si/c1-12-14(20-4)8-10-17(2,3)15(12)16(19)13(18)9-11-21(5,6)7/h13-14,16,18-19H,8,10H2,1-7H3/t13-,14+,16-/m0/s1. The van der Waals surface area contributed by atoms with Gasteiger partial charge in [0.2, 0.25) is 0 Å². The third-order valence-corrected chi connectivity index (χ3v) is 5.04. The Morgan fingerprint density at radius 1 is 1.29 bits per heavy atom. The lowest BCUT2D eigenvalue weighted by Gasteiger charge is -2.40. The average molecular weight is 311 g/mol. The first kappa shape index (κ1) is 18.4. The van der Waals surface area contributed by atoms with Crippen LogP contribution in [0, 0.1) is 16.9 Å². The summed E-state index contributed by atoms with van der Waals surface area (Å²) in [4.78, 5) is 0. The molecule has 0 aromatic rings. The summed E-state index contributed by atoms with van der Waals surface area (Å²) in [6, 6.07) is 0. The molecule has 0 saturated heterocycles. The van der Waals surface area contributed by atoms with E-state index in [0.717, 1.165) is 24.0 Å². The monoisotopic (exact) mass is 310 g/mol. The minimum atomic E-state index is -1.56. The fourth-order valence-corrected chi connectivity index (χ4v) is 3.59. The van der Waals surface area contributed by atoms with Crippen molar-refractivity contribution in [1.82, 2.24) is 0 Å². The highest BCUT2D eigenvalue weighted by Crippen LogP contribution is 2.43. The maximum atomic E-state index is 10.6. The number of rotatable bonds is 3. The van der Waals surface area contributed by atoms with Gasteiger partial charge in [0.25, 0.3) is 0 Å². The fourth-order valence-electron chi connectivity index (χ4n) is 3.01. The molecule has 1 aliphatic rings. The van der Waals surface area contributed by atoms with Crippen LogP contribution in [0.3, 0.4) is 0 Å². The Kier molecular flexibility index (Phi) is 5.85. The highest BCUT2D eigenvalue weighted by molar-refractivity contribution is 6.83. The molecule has 2 N–H and O–H groups in total. The van der Waals surface area contributed by atoms with Crippen LogP contribution in [-0.4, -0.2) is 43.7 Å². The van der Waals surface area contributed by atoms with Gasteiger partial charge in [-0.05, 0) is 36.3 Å². The maximum absolute atomic E-state index is 10.6. The summed E-state index contributed by atoms with van der Waals surface area (Å²) in [6.07, 6.45) is -0.0655. The zero-order chi connectivity index (χ0) is 16.4. The van der Waals surface area contributed by atoms with Gasteiger partial charge in [-0.3, -0.25) is 0 Å². The molecule has 0 amide bonds. The Labute approximate surface area is 130 Å². The number of ether oxygens (including phenoxy) is 1. The second kappa shape index (κ2) is 6.66. The Balaban J connectivity index is 3.11. The van der Waals surface area contributed by atoms with E-state index in [-0.39, 0.29) is 11.5 Å². The van der Waals surface area contributed by atoms with Gasteiger partial charge in [-0.15, -0.1) is 5.54 Å². The molecule has 0 unspecified atom stereocenters. The smallest absolute Gasteiger partial charge is 0.143 e. The fraction of sp³-hybridized carbons (Fsp3) is 0.765. The van der Waals surface area contributed by atoms with Crippen LogP contribution < -0.4 is 0 Å². The van der Waals surface area contributed by atoms with Crippen LogP contribution in [-0.2, 0) is 4.74 Å². The first-order valence-electron chi connectivity index (χ1n) is 7.62. The lowest BCUT2D eigenvalue weighted by Crippen LogP contribution is -2.39. The SMILES string of the molecule is CO[C@@H]1CCC(C)(C)C([C@@H](O)[C@@H](O)C#C[Si](C)(C)C)=C1C. The van der Waals surface area contributed by atoms with E-state index in [1.165, 1.54) is 0 Å². The van der Waals surface area contributed by atoms with E-state index in [1.807, 2.05) is 6.92 Å². The van der Waals surface area contributed by atoms with Crippen LogP contribution in [0.1, 0.15) is 33.6 Å². The topological polar surface area (TPSA) is 49.7 Å². The second-order valence-corrected chi connectivity index (χ2v) is 12.4. The van der Waals surface area contributed by atoms with E-state index in [2.05, 4.69) is 45.0 Å². The van der Waals surface area contributed by atoms with Crippen LogP contribution in [0.15, 0.2) is 11.1 Å². The average Bonchev–Trinajstić information content (AvgIpc) is 2.34. The van der Waals surface area contributed by atoms with E-state index in [4.69, 9.17) is 4.74 Å². The molecule has 0 heterocycles. The van der Waals surface area contributed by atoms with Gasteiger partial charge in [0, 0.05) is 7.11 Å². The van der Waals surface area contributed by atoms with Gasteiger partial charge in [-0.25, -0.2) is 0 Å². The van der Waals surface area contributed by atoms with Crippen LogP contribution in [0.5, 0.6) is 0 Å². The third kappa shape index (κ3) is 4.69. The van der Waals surface area contributed by atoms with Gasteiger partial charge in [0.15, 0.2) is 0 Å². The molecule has 0 fully saturated rings. The quantitative estimate of drug-likeness (QED) is 0.479. The predicted molar refractivity (Wildman–Crippen MR) is 89.6 cm³/mol. The van der Waals surface area contributed by atoms with Crippen molar-refractivity contribution < 1.29 is 14.9 Å². The molecule has 0 aromatic heterocycles. The molecular weight excluding hydrogens is 280 g/mol. The summed E-state index contributed by atoms with van der Waals surface area (Å²) in [6.45, 7) is 12.6. The summed E-state index contributed by atoms with van der Waals surface area (Å²) in [5.74, 6) is 2.85. The Bertz CT molecular complexity index is 463. The minimum absolute atomic E-state index is 0.0276. The van der Waals surface area contributed by atoms with Gasteiger partial charge < -0.3 is 14.9 Å². The highest BCUT2D eigenvalue weighted by Gasteiger charge is 2.38. The number of aliphatic hydroxyl groups is 2. The molecule has 0 saturated carbocycles. The molecule has 1 rings (SSSR count). The van der Waals surface area contributed by atoms with Crippen molar-refractivity contribution in [2.45, 2.75) is 71.6 Å². The molecule has 120 valence electrons. The van der Waals surface area contributed by atoms with Crippen molar-refractivity contribution in [3.05, 3.63) is 11.1 Å². The maximum Gasteiger partial charge on any atom is 0.143 e. The summed E-state index contributed by atoms with van der Waals surface area (Å²) in [5, 5.41) is 20.9. The molecule has 0 radical (unpaired) electrons. The van der Waals surface area contributed by atoms with Crippen molar-refractivity contribution in [3.63, 3.8) is 0 Å². The van der Waals surface area contributed by atoms with Gasteiger partial charge in [0.1, 0.15) is 20.3 Å². The van der Waals surface area contributed by atoms with E-state index in [1.54, 1.807) is 7.11 Å². The molecule has 0 aliphatic heterocycles. The van der Waals surface area contributed by atoms with Crippen LogP contribution in [0.2, 0.25) is 19.6 Å². The van der Waals surface area contributed by atoms with Crippen LogP contribution in [0.25, 0.3) is 0 Å². The van der Waals surface area contributed by atoms with Crippen molar-refractivity contribution >= 4 is 8.07 Å².